The fraction of sp³-hybridized carbons (Fsp3) is 0.0741. The number of carbonyl (C=O) groups excluding carboxylic acids is 1. The highest BCUT2D eigenvalue weighted by Crippen LogP contribution is 2.40. The molecule has 0 bridgehead atoms. The zero-order chi connectivity index (χ0) is 24.9. The van der Waals surface area contributed by atoms with E-state index in [0.29, 0.717) is 28.1 Å². The molecule has 37 heavy (non-hydrogen) atoms. The maximum atomic E-state index is 11.5. The average molecular weight is 508 g/mol. The van der Waals surface area contributed by atoms with Crippen LogP contribution in [0.1, 0.15) is 6.92 Å². The molecule has 0 saturated heterocycles. The van der Waals surface area contributed by atoms with Crippen LogP contribution in [0.5, 0.6) is 11.5 Å². The Bertz CT molecular complexity index is 1830. The summed E-state index contributed by atoms with van der Waals surface area (Å²) in [6.07, 6.45) is 0. The minimum Gasteiger partial charge on any atom is -0.454 e. The predicted molar refractivity (Wildman–Crippen MR) is 139 cm³/mol. The van der Waals surface area contributed by atoms with Crippen LogP contribution < -0.4 is 19.6 Å². The van der Waals surface area contributed by atoms with Gasteiger partial charge in [0, 0.05) is 23.1 Å². The van der Waals surface area contributed by atoms with Crippen molar-refractivity contribution in [2.24, 2.45) is 0 Å². The van der Waals surface area contributed by atoms with Gasteiger partial charge in [0.25, 0.3) is 5.82 Å². The first-order valence-corrected chi connectivity index (χ1v) is 12.4. The first-order chi connectivity index (χ1) is 18.1. The van der Waals surface area contributed by atoms with Gasteiger partial charge in [-0.2, -0.15) is 0 Å². The normalized spacial score (nSPS) is 12.4. The van der Waals surface area contributed by atoms with Gasteiger partial charge in [-0.1, -0.05) is 52.7 Å². The van der Waals surface area contributed by atoms with E-state index < -0.39 is 0 Å². The molecule has 10 heteroatoms. The number of fused-ring (bicyclic) bond motifs is 4. The molecule has 0 unspecified atom stereocenters. The Balaban J connectivity index is 1.42. The summed E-state index contributed by atoms with van der Waals surface area (Å²) in [4.78, 5) is 19.8. The summed E-state index contributed by atoms with van der Waals surface area (Å²) in [5, 5.41) is 15.4. The smallest absolute Gasteiger partial charge is 0.365 e. The van der Waals surface area contributed by atoms with Crippen LogP contribution >= 0.6 is 11.3 Å². The van der Waals surface area contributed by atoms with Gasteiger partial charge < -0.3 is 14.8 Å². The molecule has 4 aromatic carbocycles. The van der Waals surface area contributed by atoms with Crippen molar-refractivity contribution in [1.82, 2.24) is 20.0 Å². The molecule has 0 saturated carbocycles. The largest absolute Gasteiger partial charge is 0.454 e. The quantitative estimate of drug-likeness (QED) is 0.349. The van der Waals surface area contributed by atoms with E-state index in [-0.39, 0.29) is 12.7 Å². The van der Waals surface area contributed by atoms with E-state index in [1.807, 2.05) is 54.6 Å². The predicted octanol–water partition coefficient (Wildman–Crippen LogP) is 4.66. The van der Waals surface area contributed by atoms with Crippen LogP contribution in [-0.2, 0) is 4.79 Å². The molecule has 0 spiro atoms. The molecule has 0 atom stereocenters. The van der Waals surface area contributed by atoms with Crippen LogP contribution in [0.25, 0.3) is 43.2 Å². The van der Waals surface area contributed by atoms with E-state index in [2.05, 4.69) is 29.6 Å². The molecular formula is C27H19N6O3S+. The molecule has 1 N–H and O–H groups in total. The van der Waals surface area contributed by atoms with Crippen LogP contribution in [0.2, 0.25) is 0 Å². The summed E-state index contributed by atoms with van der Waals surface area (Å²) in [6.45, 7) is 1.63. The number of hydrogen-bond acceptors (Lipinski definition) is 7. The molecule has 2 aromatic heterocycles. The molecule has 1 amide bonds. The lowest BCUT2D eigenvalue weighted by Gasteiger charge is -2.03. The highest BCUT2D eigenvalue weighted by Gasteiger charge is 2.29. The number of ether oxygens (including phenoxy) is 2. The van der Waals surface area contributed by atoms with Crippen molar-refractivity contribution in [1.29, 1.82) is 0 Å². The lowest BCUT2D eigenvalue weighted by atomic mass is 10.1. The third-order valence-corrected chi connectivity index (χ3v) is 7.04. The topological polar surface area (TPSA) is 95.0 Å². The molecule has 180 valence electrons. The van der Waals surface area contributed by atoms with Gasteiger partial charge in [-0.3, -0.25) is 4.79 Å². The Kier molecular flexibility index (Phi) is 4.86. The number of aromatic nitrogens is 5. The minimum absolute atomic E-state index is 0.132. The fourth-order valence-corrected chi connectivity index (χ4v) is 5.33. The van der Waals surface area contributed by atoms with Gasteiger partial charge >= 0.3 is 5.13 Å². The van der Waals surface area contributed by atoms with Crippen LogP contribution in [0.15, 0.2) is 78.9 Å². The van der Waals surface area contributed by atoms with Crippen LogP contribution in [-0.4, -0.2) is 32.7 Å². The van der Waals surface area contributed by atoms with Gasteiger partial charge in [-0.25, -0.2) is 0 Å². The number of carbonyl (C=O) groups is 1. The van der Waals surface area contributed by atoms with Crippen LogP contribution in [0, 0.1) is 0 Å². The number of benzene rings is 4. The standard InChI is InChI=1S/C27H18N6O3S/c1-16(34)28-18-10-12-19(13-11-18)32-30-26(21-7-4-8-22-25(21)36-15-35-22)31-33(32)27-29-24-20-6-3-2-5-17(20)9-14-23(24)37-27/h2-14H,15H2,1H3/p+1. The molecule has 7 rings (SSSR count). The Hall–Kier alpha value is -4.83. The van der Waals surface area contributed by atoms with Crippen molar-refractivity contribution in [3.05, 3.63) is 78.9 Å². The van der Waals surface area contributed by atoms with E-state index in [1.54, 1.807) is 9.59 Å². The number of para-hydroxylation sites is 1. The SMILES string of the molecule is CC(=O)Nc1ccc(-n2nc(-c3cccc4c3OCO4)n[n+]2-c2nc3c(ccc4ccccc43)s2)cc1. The minimum atomic E-state index is -0.132. The third kappa shape index (κ3) is 3.66. The number of nitrogens with one attached hydrogen (secondary N) is 1. The van der Waals surface area contributed by atoms with Gasteiger partial charge in [0.15, 0.2) is 17.0 Å². The number of anilines is 1. The Labute approximate surface area is 214 Å². The van der Waals surface area contributed by atoms with Crippen molar-refractivity contribution < 1.29 is 19.1 Å². The summed E-state index contributed by atoms with van der Waals surface area (Å²) in [6, 6.07) is 25.4. The monoisotopic (exact) mass is 507 g/mol. The Morgan fingerprint density at radius 2 is 1.86 bits per heavy atom. The number of thiazole rings is 1. The van der Waals surface area contributed by atoms with E-state index >= 15 is 0 Å². The second-order valence-electron chi connectivity index (χ2n) is 8.50. The molecule has 6 aromatic rings. The third-order valence-electron chi connectivity index (χ3n) is 6.06. The average Bonchev–Trinajstić information content (AvgIpc) is 3.66. The van der Waals surface area contributed by atoms with Crippen LogP contribution in [0.4, 0.5) is 5.69 Å². The highest BCUT2D eigenvalue weighted by atomic mass is 32.1. The summed E-state index contributed by atoms with van der Waals surface area (Å²) in [5.41, 5.74) is 3.09. The Morgan fingerprint density at radius 1 is 1.00 bits per heavy atom. The molecule has 0 aliphatic carbocycles. The molecule has 0 fully saturated rings. The number of rotatable bonds is 4. The number of nitrogens with zero attached hydrogens (tertiary/aromatic N) is 5. The summed E-state index contributed by atoms with van der Waals surface area (Å²) in [5.74, 6) is 1.61. The van der Waals surface area contributed by atoms with Crippen molar-refractivity contribution in [2.45, 2.75) is 6.92 Å². The van der Waals surface area contributed by atoms with E-state index in [1.165, 1.54) is 18.3 Å². The number of hydrogen-bond donors (Lipinski definition) is 1. The number of tetrazole rings is 1. The van der Waals surface area contributed by atoms with E-state index in [9.17, 15) is 4.79 Å². The maximum absolute atomic E-state index is 11.5. The molecule has 3 heterocycles. The zero-order valence-electron chi connectivity index (χ0n) is 19.6. The van der Waals surface area contributed by atoms with Crippen molar-refractivity contribution in [3.8, 4) is 33.7 Å². The summed E-state index contributed by atoms with van der Waals surface area (Å²) >= 11 is 1.54. The molecule has 1 aliphatic rings. The first kappa shape index (κ1) is 21.5. The van der Waals surface area contributed by atoms with Gasteiger partial charge in [-0.05, 0) is 62.5 Å². The molecule has 1 aliphatic heterocycles. The summed E-state index contributed by atoms with van der Waals surface area (Å²) in [7, 11) is 0. The lowest BCUT2D eigenvalue weighted by molar-refractivity contribution is -0.734. The molecule has 9 nitrogen and oxygen atoms in total. The van der Waals surface area contributed by atoms with Crippen LogP contribution in [0.3, 0.4) is 0 Å². The van der Waals surface area contributed by atoms with Crippen molar-refractivity contribution in [2.75, 3.05) is 12.1 Å². The van der Waals surface area contributed by atoms with Gasteiger partial charge in [-0.15, -0.1) is 0 Å². The van der Waals surface area contributed by atoms with E-state index in [0.717, 1.165) is 32.2 Å². The van der Waals surface area contributed by atoms with Crippen molar-refractivity contribution in [3.63, 3.8) is 0 Å². The first-order valence-electron chi connectivity index (χ1n) is 11.6. The fourth-order valence-electron chi connectivity index (χ4n) is 4.41. The zero-order valence-corrected chi connectivity index (χ0v) is 20.4. The molecular weight excluding hydrogens is 488 g/mol. The summed E-state index contributed by atoms with van der Waals surface area (Å²) < 4.78 is 12.3. The van der Waals surface area contributed by atoms with Gasteiger partial charge in [0.05, 0.1) is 10.3 Å². The Morgan fingerprint density at radius 3 is 2.73 bits per heavy atom. The van der Waals surface area contributed by atoms with Gasteiger partial charge in [0.1, 0.15) is 5.69 Å². The molecule has 0 radical (unpaired) electrons. The highest BCUT2D eigenvalue weighted by molar-refractivity contribution is 7.20. The van der Waals surface area contributed by atoms with Crippen molar-refractivity contribution >= 4 is 43.9 Å². The second kappa shape index (κ2) is 8.38. The lowest BCUT2D eigenvalue weighted by Crippen LogP contribution is -2.43. The van der Waals surface area contributed by atoms with Gasteiger partial charge in [0.2, 0.25) is 12.7 Å². The second-order valence-corrected chi connectivity index (χ2v) is 9.51. The number of amides is 1. The maximum Gasteiger partial charge on any atom is 0.365 e. The van der Waals surface area contributed by atoms with E-state index in [4.69, 9.17) is 24.7 Å².